The van der Waals surface area contributed by atoms with Gasteiger partial charge in [0.25, 0.3) is 15.9 Å². The van der Waals surface area contributed by atoms with Gasteiger partial charge in [-0.1, -0.05) is 47.5 Å². The maximum absolute atomic E-state index is 14.2. The van der Waals surface area contributed by atoms with Crippen molar-refractivity contribution in [3.8, 4) is 11.1 Å². The van der Waals surface area contributed by atoms with Gasteiger partial charge in [-0.2, -0.15) is 4.31 Å². The Morgan fingerprint density at radius 2 is 1.68 bits per heavy atom. The molecule has 0 saturated heterocycles. The number of nitrogens with zero attached hydrogens (tertiary/aromatic N) is 7. The number of hydrogen-bond donors (Lipinski definition) is 0. The van der Waals surface area contributed by atoms with Crippen molar-refractivity contribution in [2.45, 2.75) is 23.9 Å². The number of carbonyl (C=O) groups excluding carboxylic acids is 1. The highest BCUT2D eigenvalue weighted by Gasteiger charge is 2.52. The normalized spacial score (nSPS) is 19.3. The Hall–Kier alpha value is -3.64. The second kappa shape index (κ2) is 10.1. The molecule has 0 bridgehead atoms. The number of halogens is 2. The first kappa shape index (κ1) is 26.6. The molecule has 10 nitrogen and oxygen atoms in total. The molecule has 0 fully saturated rings. The summed E-state index contributed by atoms with van der Waals surface area (Å²) in [5.41, 5.74) is 1.67. The van der Waals surface area contributed by atoms with Crippen LogP contribution < -0.4 is 4.90 Å². The maximum Gasteiger partial charge on any atom is 0.260 e. The Morgan fingerprint density at radius 1 is 0.975 bits per heavy atom. The van der Waals surface area contributed by atoms with E-state index >= 15 is 0 Å². The molecule has 1 amide bonds. The van der Waals surface area contributed by atoms with Crippen molar-refractivity contribution >= 4 is 57.0 Å². The average Bonchev–Trinajstić information content (AvgIpc) is 3.48. The Bertz CT molecular complexity index is 1720. The largest absolute Gasteiger partial charge is 0.295 e. The summed E-state index contributed by atoms with van der Waals surface area (Å²) in [6.07, 6.45) is 7.99. The predicted octanol–water partition coefficient (Wildman–Crippen LogP) is 4.36. The van der Waals surface area contributed by atoms with E-state index in [4.69, 9.17) is 23.2 Å². The minimum atomic E-state index is -4.00. The quantitative estimate of drug-likeness (QED) is 0.327. The third-order valence-electron chi connectivity index (χ3n) is 7.07. The molecule has 0 radical (unpaired) electrons. The van der Waals surface area contributed by atoms with Gasteiger partial charge < -0.3 is 0 Å². The van der Waals surface area contributed by atoms with E-state index in [0.717, 1.165) is 16.7 Å². The molecule has 204 valence electrons. The number of imidazole rings is 1. The van der Waals surface area contributed by atoms with Gasteiger partial charge in [0, 0.05) is 53.7 Å². The van der Waals surface area contributed by atoms with Gasteiger partial charge >= 0.3 is 0 Å². The fraction of sp³-hybridized carbons (Fsp3) is 0.222. The monoisotopic (exact) mass is 595 g/mol. The Kier molecular flexibility index (Phi) is 6.70. The van der Waals surface area contributed by atoms with Crippen LogP contribution in [-0.2, 0) is 26.8 Å². The molecule has 1 atom stereocenters. The Labute approximate surface area is 241 Å². The summed E-state index contributed by atoms with van der Waals surface area (Å²) in [5.74, 6) is -0.181. The van der Waals surface area contributed by atoms with Crippen LogP contribution in [0.1, 0.15) is 12.5 Å². The lowest BCUT2D eigenvalue weighted by atomic mass is 9.91. The van der Waals surface area contributed by atoms with E-state index in [1.807, 2.05) is 24.3 Å². The second-order valence-corrected chi connectivity index (χ2v) is 12.5. The van der Waals surface area contributed by atoms with E-state index in [1.165, 1.54) is 26.3 Å². The zero-order valence-corrected chi connectivity index (χ0v) is 23.6. The number of hydrogen-bond acceptors (Lipinski definition) is 7. The number of carbonyl (C=O) groups is 1. The zero-order chi connectivity index (χ0) is 28.1. The van der Waals surface area contributed by atoms with Gasteiger partial charge in [-0.05, 0) is 36.2 Å². The highest BCUT2D eigenvalue weighted by atomic mass is 35.5. The zero-order valence-electron chi connectivity index (χ0n) is 21.3. The number of aromatic nitrogens is 4. The lowest BCUT2D eigenvalue weighted by molar-refractivity contribution is -0.124. The van der Waals surface area contributed by atoms with Crippen LogP contribution in [0.15, 0.2) is 77.4 Å². The fourth-order valence-electron chi connectivity index (χ4n) is 5.13. The molecule has 40 heavy (non-hydrogen) atoms. The number of aliphatic imine (C=N–C) groups is 1. The van der Waals surface area contributed by atoms with Gasteiger partial charge in [0.2, 0.25) is 5.95 Å². The van der Waals surface area contributed by atoms with Gasteiger partial charge in [-0.15, -0.1) is 0 Å². The first-order valence-electron chi connectivity index (χ1n) is 12.4. The number of fused-ring (bicyclic) bond motifs is 1. The van der Waals surface area contributed by atoms with Crippen molar-refractivity contribution in [2.75, 3.05) is 24.5 Å². The summed E-state index contributed by atoms with van der Waals surface area (Å²) in [4.78, 5) is 32.3. The molecule has 4 heterocycles. The van der Waals surface area contributed by atoms with Crippen molar-refractivity contribution in [1.82, 2.24) is 23.8 Å². The molecular weight excluding hydrogens is 573 g/mol. The van der Waals surface area contributed by atoms with Crippen molar-refractivity contribution in [3.05, 3.63) is 83.0 Å². The number of anilines is 2. The van der Waals surface area contributed by atoms with Crippen molar-refractivity contribution < 1.29 is 13.2 Å². The van der Waals surface area contributed by atoms with Crippen LogP contribution in [0.25, 0.3) is 11.1 Å². The lowest BCUT2D eigenvalue weighted by Gasteiger charge is -2.28. The van der Waals surface area contributed by atoms with Crippen LogP contribution in [-0.4, -0.2) is 64.0 Å². The smallest absolute Gasteiger partial charge is 0.260 e. The highest BCUT2D eigenvalue weighted by Crippen LogP contribution is 2.45. The molecule has 13 heteroatoms. The minimum Gasteiger partial charge on any atom is -0.295 e. The third kappa shape index (κ3) is 4.48. The summed E-state index contributed by atoms with van der Waals surface area (Å²) in [6.45, 7) is 2.47. The van der Waals surface area contributed by atoms with Gasteiger partial charge in [-0.25, -0.2) is 28.3 Å². The summed E-state index contributed by atoms with van der Waals surface area (Å²) in [5, 5.41) is 0.605. The summed E-state index contributed by atoms with van der Waals surface area (Å²) in [6, 6.07) is 12.4. The first-order chi connectivity index (χ1) is 19.2. The van der Waals surface area contributed by atoms with Crippen molar-refractivity contribution in [2.24, 2.45) is 4.99 Å². The van der Waals surface area contributed by atoms with E-state index in [0.29, 0.717) is 22.3 Å². The Balaban J connectivity index is 1.46. The molecular formula is C27H23Cl2N7O3S. The average molecular weight is 596 g/mol. The topological polar surface area (TPSA) is 114 Å². The lowest BCUT2D eigenvalue weighted by Crippen LogP contribution is -2.44. The van der Waals surface area contributed by atoms with Gasteiger partial charge in [0.15, 0.2) is 5.03 Å². The van der Waals surface area contributed by atoms with E-state index in [-0.39, 0.29) is 36.4 Å². The Morgan fingerprint density at radius 3 is 2.33 bits per heavy atom. The van der Waals surface area contributed by atoms with Crippen LogP contribution in [0, 0.1) is 0 Å². The second-order valence-electron chi connectivity index (χ2n) is 9.73. The van der Waals surface area contributed by atoms with Crippen LogP contribution in [0.2, 0.25) is 10.0 Å². The summed E-state index contributed by atoms with van der Waals surface area (Å²) >= 11 is 12.6. The van der Waals surface area contributed by atoms with Crippen molar-refractivity contribution in [1.29, 1.82) is 0 Å². The molecule has 0 unspecified atom stereocenters. The molecule has 2 aromatic heterocycles. The van der Waals surface area contributed by atoms with Crippen LogP contribution in [0.3, 0.4) is 0 Å². The molecule has 2 aliphatic rings. The van der Waals surface area contributed by atoms with Crippen molar-refractivity contribution in [3.63, 3.8) is 0 Å². The number of amides is 1. The minimum absolute atomic E-state index is 0.0673. The van der Waals surface area contributed by atoms with E-state index < -0.39 is 15.6 Å². The molecule has 0 spiro atoms. The standard InChI is InChI=1S/C27H23Cl2N7O3S/c1-27(13-18-2-4-19(5-3-18)20-14-31-17-32-15-20)25(37)35(23-11-21(28)10-22(29)12-23)26-33-16-24(36(26)27)40(38,39)34-8-6-30-7-9-34/h2-6,10-12,14-17H,7-9,13H2,1H3/t27-/m1/s1. The van der Waals surface area contributed by atoms with Crippen LogP contribution in [0.4, 0.5) is 11.6 Å². The van der Waals surface area contributed by atoms with Gasteiger partial charge in [0.05, 0.1) is 18.4 Å². The molecule has 6 rings (SSSR count). The fourth-order valence-corrected chi connectivity index (χ4v) is 7.19. The molecule has 0 N–H and O–H groups in total. The van der Waals surface area contributed by atoms with Gasteiger partial charge in [0.1, 0.15) is 11.9 Å². The van der Waals surface area contributed by atoms with E-state index in [9.17, 15) is 13.2 Å². The third-order valence-corrected chi connectivity index (χ3v) is 9.33. The van der Waals surface area contributed by atoms with Crippen LogP contribution >= 0.6 is 23.2 Å². The molecule has 2 aromatic carbocycles. The molecule has 0 aliphatic carbocycles. The SMILES string of the molecule is C[C@@]1(Cc2ccc(-c3cncnc3)cc2)C(=O)N(c2cc(Cl)cc(Cl)c2)c2ncc(S(=O)(=O)N3CC=NCC3)n21. The number of sulfonamides is 1. The molecule has 4 aromatic rings. The summed E-state index contributed by atoms with van der Waals surface area (Å²) in [7, 11) is -4.00. The molecule has 0 saturated carbocycles. The number of benzene rings is 2. The van der Waals surface area contributed by atoms with E-state index in [2.05, 4.69) is 19.9 Å². The first-order valence-corrected chi connectivity index (χ1v) is 14.6. The van der Waals surface area contributed by atoms with E-state index in [1.54, 1.807) is 43.7 Å². The van der Waals surface area contributed by atoms with Gasteiger partial charge in [-0.3, -0.25) is 14.4 Å². The number of rotatable bonds is 6. The predicted molar refractivity (Wildman–Crippen MR) is 153 cm³/mol. The van der Waals surface area contributed by atoms with Crippen LogP contribution in [0.5, 0.6) is 0 Å². The highest BCUT2D eigenvalue weighted by molar-refractivity contribution is 7.89. The molecule has 2 aliphatic heterocycles. The maximum atomic E-state index is 14.2. The summed E-state index contributed by atoms with van der Waals surface area (Å²) < 4.78 is 30.5.